The van der Waals surface area contributed by atoms with Gasteiger partial charge in [0.1, 0.15) is 0 Å². The number of benzene rings is 2. The summed E-state index contributed by atoms with van der Waals surface area (Å²) in [6, 6.07) is 15.4. The van der Waals surface area contributed by atoms with Crippen molar-refractivity contribution in [1.82, 2.24) is 25.4 Å². The second-order valence-electron chi connectivity index (χ2n) is 18.7. The Morgan fingerprint density at radius 3 is 2.16 bits per heavy atom. The number of carbonyl (C=O) groups is 2. The molecule has 9 rings (SSSR count). The fraction of sp³-hybridized carbons (Fsp3) is 0.604. The van der Waals surface area contributed by atoms with Crippen LogP contribution in [0.25, 0.3) is 11.1 Å². The van der Waals surface area contributed by atoms with Gasteiger partial charge in [0.05, 0.1) is 0 Å². The summed E-state index contributed by atoms with van der Waals surface area (Å²) in [6.45, 7) is 17.1. The number of anilines is 1. The van der Waals surface area contributed by atoms with Gasteiger partial charge in [-0.1, -0.05) is 24.3 Å². The van der Waals surface area contributed by atoms with Gasteiger partial charge in [-0.25, -0.2) is 0 Å². The largest absolute Gasteiger partial charge is 0.381 e. The van der Waals surface area contributed by atoms with E-state index in [1.54, 1.807) is 0 Å². The lowest BCUT2D eigenvalue weighted by Crippen LogP contribution is -2.49. The molecular weight excluding hydrogens is 725 g/mol. The number of ether oxygens (including phenoxy) is 1. The van der Waals surface area contributed by atoms with E-state index in [-0.39, 0.29) is 23.9 Å². The van der Waals surface area contributed by atoms with E-state index >= 15 is 0 Å². The summed E-state index contributed by atoms with van der Waals surface area (Å²) < 4.78 is 5.71. The van der Waals surface area contributed by atoms with E-state index < -0.39 is 0 Å². The molecule has 3 N–H and O–H groups in total. The lowest BCUT2D eigenvalue weighted by molar-refractivity contribution is -0.129. The number of carbonyl (C=O) groups excluding carboxylic acids is 2. The average Bonchev–Trinajstić information content (AvgIpc) is 3.19. The van der Waals surface area contributed by atoms with Crippen molar-refractivity contribution in [3.8, 4) is 11.1 Å². The van der Waals surface area contributed by atoms with Gasteiger partial charge in [0.2, 0.25) is 5.91 Å². The van der Waals surface area contributed by atoms with Crippen LogP contribution in [0, 0.1) is 43.9 Å². The maximum Gasteiger partial charge on any atom is 0.253 e. The highest BCUT2D eigenvalue weighted by atomic mass is 16.5. The molecule has 0 spiro atoms. The van der Waals surface area contributed by atoms with Crippen LogP contribution < -0.4 is 21.1 Å². The molecule has 3 heterocycles. The van der Waals surface area contributed by atoms with E-state index in [1.165, 1.54) is 44.1 Å². The molecule has 6 aliphatic rings. The van der Waals surface area contributed by atoms with E-state index in [2.05, 4.69) is 67.6 Å². The molecule has 3 aromatic rings. The van der Waals surface area contributed by atoms with Crippen LogP contribution >= 0.6 is 0 Å². The number of rotatable bonds is 14. The van der Waals surface area contributed by atoms with Gasteiger partial charge in [-0.05, 0) is 148 Å². The smallest absolute Gasteiger partial charge is 0.253 e. The van der Waals surface area contributed by atoms with Crippen molar-refractivity contribution in [2.75, 3.05) is 63.9 Å². The summed E-state index contributed by atoms with van der Waals surface area (Å²) in [7, 11) is 0. The summed E-state index contributed by atoms with van der Waals surface area (Å²) in [5, 5.41) is 6.37. The van der Waals surface area contributed by atoms with Gasteiger partial charge in [0.25, 0.3) is 11.5 Å². The van der Waals surface area contributed by atoms with Crippen molar-refractivity contribution in [2.45, 2.75) is 105 Å². The second-order valence-corrected chi connectivity index (χ2v) is 18.7. The van der Waals surface area contributed by atoms with E-state index in [0.29, 0.717) is 22.6 Å². The van der Waals surface area contributed by atoms with Gasteiger partial charge in [-0.3, -0.25) is 24.2 Å². The highest BCUT2D eigenvalue weighted by Gasteiger charge is 2.51. The standard InChI is InChI=1S/C48H66N6O4/c1-5-54(41-10-18-58-19-11-41)44-25-40(24-42(34(44)4)46(56)50-30-43-32(2)20-33(3)51-47(43)57)39-8-6-35(7-9-39)31-53-16-14-52(15-17-53)13-12-49-45(55)29-48-26-36-21-37(27-48)23-38(22-36)28-48/h6-9,20,24-25,36-38,41H,5,10-19,21-23,26-31H2,1-4H3,(H,49,55)(H,50,56)(H,51,57). The van der Waals surface area contributed by atoms with Crippen molar-refractivity contribution in [3.05, 3.63) is 86.3 Å². The molecule has 2 saturated heterocycles. The zero-order valence-electron chi connectivity index (χ0n) is 35.5. The SMILES string of the molecule is CCN(c1cc(-c2ccc(CN3CCN(CCNC(=O)CC45CC6CC(CC(C6)C4)C5)CC3)cc2)cc(C(=O)NCc2c(C)cc(C)[nH]c2=O)c1C)C1CCOCC1. The summed E-state index contributed by atoms with van der Waals surface area (Å²) in [6.07, 6.45) is 10.8. The van der Waals surface area contributed by atoms with E-state index in [4.69, 9.17) is 4.74 Å². The van der Waals surface area contributed by atoms with Gasteiger partial charge < -0.3 is 25.3 Å². The molecule has 58 heavy (non-hydrogen) atoms. The normalized spacial score (nSPS) is 24.9. The Balaban J connectivity index is 0.879. The number of nitrogens with one attached hydrogen (secondary N) is 3. The van der Waals surface area contributed by atoms with Crippen LogP contribution in [-0.4, -0.2) is 91.7 Å². The number of aromatic amines is 1. The van der Waals surface area contributed by atoms with E-state index in [9.17, 15) is 14.4 Å². The highest BCUT2D eigenvalue weighted by Crippen LogP contribution is 2.61. The van der Waals surface area contributed by atoms with Crippen LogP contribution in [0.2, 0.25) is 0 Å². The molecule has 1 aromatic heterocycles. The number of hydrogen-bond acceptors (Lipinski definition) is 7. The third-order valence-electron chi connectivity index (χ3n) is 14.4. The molecule has 2 aromatic carbocycles. The van der Waals surface area contributed by atoms with E-state index in [0.717, 1.165) is 136 Å². The molecular formula is C48H66N6O4. The van der Waals surface area contributed by atoms with Crippen LogP contribution in [0.3, 0.4) is 0 Å². The van der Waals surface area contributed by atoms with Crippen LogP contribution in [-0.2, 0) is 22.6 Å². The zero-order valence-corrected chi connectivity index (χ0v) is 35.5. The number of aromatic nitrogens is 1. The predicted octanol–water partition coefficient (Wildman–Crippen LogP) is 6.74. The number of nitrogens with zero attached hydrogens (tertiary/aromatic N) is 3. The van der Waals surface area contributed by atoms with Crippen LogP contribution in [0.5, 0.6) is 0 Å². The molecule has 10 heteroatoms. The number of piperazine rings is 1. The first-order valence-corrected chi connectivity index (χ1v) is 22.3. The third-order valence-corrected chi connectivity index (χ3v) is 14.4. The molecule has 2 amide bonds. The molecule has 6 fully saturated rings. The average molecular weight is 791 g/mol. The molecule has 0 atom stereocenters. The molecule has 0 unspecified atom stereocenters. The lowest BCUT2D eigenvalue weighted by Gasteiger charge is -2.56. The fourth-order valence-electron chi connectivity index (χ4n) is 11.9. The molecule has 2 aliphatic heterocycles. The van der Waals surface area contributed by atoms with Gasteiger partial charge in [-0.15, -0.1) is 0 Å². The summed E-state index contributed by atoms with van der Waals surface area (Å²) in [4.78, 5) is 50.1. The van der Waals surface area contributed by atoms with Gasteiger partial charge in [0, 0.05) is 107 Å². The van der Waals surface area contributed by atoms with Crippen molar-refractivity contribution in [2.24, 2.45) is 23.2 Å². The first kappa shape index (κ1) is 40.8. The number of H-pyrrole nitrogens is 1. The van der Waals surface area contributed by atoms with E-state index in [1.807, 2.05) is 32.9 Å². The monoisotopic (exact) mass is 791 g/mol. The quantitative estimate of drug-likeness (QED) is 0.166. The van der Waals surface area contributed by atoms with Crippen molar-refractivity contribution >= 4 is 17.5 Å². The molecule has 312 valence electrons. The van der Waals surface area contributed by atoms with Crippen LogP contribution in [0.15, 0.2) is 47.3 Å². The number of pyridine rings is 1. The summed E-state index contributed by atoms with van der Waals surface area (Å²) in [5.41, 5.74) is 8.39. The Kier molecular flexibility index (Phi) is 12.4. The first-order valence-electron chi connectivity index (χ1n) is 22.3. The molecule has 0 radical (unpaired) electrons. The van der Waals surface area contributed by atoms with Crippen LogP contribution in [0.4, 0.5) is 5.69 Å². The minimum Gasteiger partial charge on any atom is -0.381 e. The third kappa shape index (κ3) is 9.24. The summed E-state index contributed by atoms with van der Waals surface area (Å²) >= 11 is 0. The molecule has 4 bridgehead atoms. The fourth-order valence-corrected chi connectivity index (χ4v) is 11.9. The Morgan fingerprint density at radius 1 is 0.862 bits per heavy atom. The Labute approximate surface area is 345 Å². The zero-order chi connectivity index (χ0) is 40.4. The number of hydrogen-bond donors (Lipinski definition) is 3. The molecule has 10 nitrogen and oxygen atoms in total. The second kappa shape index (κ2) is 17.7. The minimum absolute atomic E-state index is 0.162. The maximum atomic E-state index is 14.0. The van der Waals surface area contributed by atoms with Crippen LogP contribution in [0.1, 0.15) is 103 Å². The minimum atomic E-state index is -0.182. The Morgan fingerprint density at radius 2 is 1.52 bits per heavy atom. The predicted molar refractivity (Wildman–Crippen MR) is 231 cm³/mol. The van der Waals surface area contributed by atoms with Crippen molar-refractivity contribution in [1.29, 1.82) is 0 Å². The van der Waals surface area contributed by atoms with Crippen molar-refractivity contribution < 1.29 is 14.3 Å². The lowest BCUT2D eigenvalue weighted by atomic mass is 9.49. The first-order chi connectivity index (χ1) is 28.0. The Hall–Kier alpha value is -3.99. The maximum absolute atomic E-state index is 14.0. The number of aryl methyl sites for hydroxylation is 2. The molecule has 4 aliphatic carbocycles. The van der Waals surface area contributed by atoms with Gasteiger partial charge in [0.15, 0.2) is 0 Å². The number of amides is 2. The molecule has 4 saturated carbocycles. The summed E-state index contributed by atoms with van der Waals surface area (Å²) in [5.74, 6) is 2.75. The highest BCUT2D eigenvalue weighted by molar-refractivity contribution is 5.99. The van der Waals surface area contributed by atoms with Gasteiger partial charge in [-0.2, -0.15) is 0 Å². The van der Waals surface area contributed by atoms with Crippen molar-refractivity contribution in [3.63, 3.8) is 0 Å². The Bertz CT molecular complexity index is 1960. The topological polar surface area (TPSA) is 110 Å². The van der Waals surface area contributed by atoms with Gasteiger partial charge >= 0.3 is 0 Å².